The molecule has 0 radical (unpaired) electrons. The molecule has 0 fully saturated rings. The number of benzene rings is 1. The van der Waals surface area contributed by atoms with Gasteiger partial charge in [0.2, 0.25) is 0 Å². The van der Waals surface area contributed by atoms with Gasteiger partial charge in [-0.2, -0.15) is 0 Å². The van der Waals surface area contributed by atoms with Crippen LogP contribution in [0.4, 0.5) is 0 Å². The van der Waals surface area contributed by atoms with Crippen LogP contribution >= 0.6 is 12.2 Å². The third-order valence-electron chi connectivity index (χ3n) is 3.29. The summed E-state index contributed by atoms with van der Waals surface area (Å²) in [6.07, 6.45) is 0.962. The SMILES string of the molecule is CC[C@H](C)NC(=S)NNC(=O)c1ccc(C(C)(C)C)cc1. The van der Waals surface area contributed by atoms with Gasteiger partial charge in [-0.05, 0) is 48.7 Å². The molecule has 1 aromatic rings. The lowest BCUT2D eigenvalue weighted by Gasteiger charge is -2.19. The van der Waals surface area contributed by atoms with Gasteiger partial charge in [0.1, 0.15) is 0 Å². The highest BCUT2D eigenvalue weighted by Gasteiger charge is 2.14. The topological polar surface area (TPSA) is 53.2 Å². The van der Waals surface area contributed by atoms with Crippen molar-refractivity contribution in [2.24, 2.45) is 0 Å². The van der Waals surface area contributed by atoms with Crippen LogP contribution in [0.15, 0.2) is 24.3 Å². The zero-order valence-electron chi connectivity index (χ0n) is 13.4. The van der Waals surface area contributed by atoms with Crippen LogP contribution in [-0.4, -0.2) is 17.1 Å². The Hall–Kier alpha value is -1.62. The highest BCUT2D eigenvalue weighted by molar-refractivity contribution is 7.80. The molecule has 0 aliphatic rings. The van der Waals surface area contributed by atoms with E-state index in [9.17, 15) is 4.79 Å². The van der Waals surface area contributed by atoms with Crippen LogP contribution in [0, 0.1) is 0 Å². The number of thiocarbonyl (C=S) groups is 1. The molecule has 0 aromatic heterocycles. The Kier molecular flexibility index (Phi) is 6.15. The maximum absolute atomic E-state index is 12.0. The lowest BCUT2D eigenvalue weighted by atomic mass is 9.87. The highest BCUT2D eigenvalue weighted by Crippen LogP contribution is 2.22. The fourth-order valence-electron chi connectivity index (χ4n) is 1.67. The second-order valence-corrected chi connectivity index (χ2v) is 6.60. The van der Waals surface area contributed by atoms with Crippen LogP contribution < -0.4 is 16.2 Å². The van der Waals surface area contributed by atoms with Crippen LogP contribution in [0.5, 0.6) is 0 Å². The monoisotopic (exact) mass is 307 g/mol. The minimum absolute atomic E-state index is 0.0784. The average Bonchev–Trinajstić information content (AvgIpc) is 2.43. The molecule has 21 heavy (non-hydrogen) atoms. The largest absolute Gasteiger partial charge is 0.359 e. The minimum atomic E-state index is -0.205. The summed E-state index contributed by atoms with van der Waals surface area (Å²) in [4.78, 5) is 12.0. The van der Waals surface area contributed by atoms with E-state index in [0.29, 0.717) is 10.7 Å². The van der Waals surface area contributed by atoms with Gasteiger partial charge in [0.05, 0.1) is 0 Å². The lowest BCUT2D eigenvalue weighted by molar-refractivity contribution is 0.0943. The van der Waals surface area contributed by atoms with E-state index < -0.39 is 0 Å². The van der Waals surface area contributed by atoms with E-state index in [1.165, 1.54) is 5.56 Å². The van der Waals surface area contributed by atoms with Crippen molar-refractivity contribution < 1.29 is 4.79 Å². The summed E-state index contributed by atoms with van der Waals surface area (Å²) in [7, 11) is 0. The first kappa shape index (κ1) is 17.4. The number of carbonyl (C=O) groups excluding carboxylic acids is 1. The van der Waals surface area contributed by atoms with Gasteiger partial charge in [0, 0.05) is 11.6 Å². The number of hydrogen-bond donors (Lipinski definition) is 3. The number of hydrogen-bond acceptors (Lipinski definition) is 2. The van der Waals surface area contributed by atoms with Gasteiger partial charge in [-0.3, -0.25) is 15.6 Å². The molecule has 1 atom stereocenters. The van der Waals surface area contributed by atoms with Crippen molar-refractivity contribution in [3.05, 3.63) is 35.4 Å². The third kappa shape index (κ3) is 5.71. The number of rotatable bonds is 3. The van der Waals surface area contributed by atoms with Gasteiger partial charge in [0.15, 0.2) is 5.11 Å². The van der Waals surface area contributed by atoms with E-state index in [4.69, 9.17) is 12.2 Å². The summed E-state index contributed by atoms with van der Waals surface area (Å²) in [5.41, 5.74) is 7.18. The standard InChI is InChI=1S/C16H25N3OS/c1-6-11(2)17-15(21)19-18-14(20)12-7-9-13(10-8-12)16(3,4)5/h7-11H,6H2,1-5H3,(H,18,20)(H2,17,19,21)/t11-/m0/s1. The van der Waals surface area contributed by atoms with Crippen molar-refractivity contribution in [2.45, 2.75) is 52.5 Å². The number of nitrogens with one attached hydrogen (secondary N) is 3. The fraction of sp³-hybridized carbons (Fsp3) is 0.500. The first-order valence-corrected chi connectivity index (χ1v) is 7.62. The predicted octanol–water partition coefficient (Wildman–Crippen LogP) is 2.89. The molecule has 0 aliphatic carbocycles. The molecule has 0 saturated heterocycles. The molecule has 3 N–H and O–H groups in total. The molecule has 1 rings (SSSR count). The molecule has 0 aliphatic heterocycles. The van der Waals surface area contributed by atoms with Crippen molar-refractivity contribution in [1.82, 2.24) is 16.2 Å². The summed E-state index contributed by atoms with van der Waals surface area (Å²) in [6, 6.07) is 7.87. The third-order valence-corrected chi connectivity index (χ3v) is 3.51. The maximum atomic E-state index is 12.0. The molecule has 0 unspecified atom stereocenters. The average molecular weight is 307 g/mol. The van der Waals surface area contributed by atoms with Gasteiger partial charge in [0.25, 0.3) is 5.91 Å². The smallest absolute Gasteiger partial charge is 0.269 e. The molecular weight excluding hydrogens is 282 g/mol. The Labute approximate surface area is 132 Å². The van der Waals surface area contributed by atoms with E-state index in [1.54, 1.807) is 0 Å². The van der Waals surface area contributed by atoms with Crippen LogP contribution in [0.25, 0.3) is 0 Å². The quantitative estimate of drug-likeness (QED) is 0.594. The first-order chi connectivity index (χ1) is 9.74. The zero-order chi connectivity index (χ0) is 16.0. The van der Waals surface area contributed by atoms with Crippen molar-refractivity contribution >= 4 is 23.2 Å². The normalized spacial score (nSPS) is 12.4. The Bertz CT molecular complexity index is 491. The fourth-order valence-corrected chi connectivity index (χ4v) is 1.92. The first-order valence-electron chi connectivity index (χ1n) is 7.21. The molecule has 0 bridgehead atoms. The van der Waals surface area contributed by atoms with E-state index in [0.717, 1.165) is 6.42 Å². The predicted molar refractivity (Wildman–Crippen MR) is 91.2 cm³/mol. The maximum Gasteiger partial charge on any atom is 0.269 e. The van der Waals surface area contributed by atoms with E-state index >= 15 is 0 Å². The van der Waals surface area contributed by atoms with Gasteiger partial charge in [-0.15, -0.1) is 0 Å². The molecule has 1 amide bonds. The summed E-state index contributed by atoms with van der Waals surface area (Å²) in [5.74, 6) is -0.205. The van der Waals surface area contributed by atoms with E-state index in [1.807, 2.05) is 31.2 Å². The molecule has 1 aromatic carbocycles. The van der Waals surface area contributed by atoms with Crippen LogP contribution in [0.1, 0.15) is 57.0 Å². The molecule has 0 spiro atoms. The molecule has 4 nitrogen and oxygen atoms in total. The van der Waals surface area contributed by atoms with Gasteiger partial charge >= 0.3 is 0 Å². The van der Waals surface area contributed by atoms with Crippen LogP contribution in [-0.2, 0) is 5.41 Å². The molecular formula is C16H25N3OS. The second kappa shape index (κ2) is 7.41. The van der Waals surface area contributed by atoms with E-state index in [-0.39, 0.29) is 17.4 Å². The van der Waals surface area contributed by atoms with Crippen LogP contribution in [0.3, 0.4) is 0 Å². The minimum Gasteiger partial charge on any atom is -0.359 e. The van der Waals surface area contributed by atoms with Crippen molar-refractivity contribution in [3.8, 4) is 0 Å². The number of amides is 1. The lowest BCUT2D eigenvalue weighted by Crippen LogP contribution is -2.49. The van der Waals surface area contributed by atoms with Crippen molar-refractivity contribution in [1.29, 1.82) is 0 Å². The van der Waals surface area contributed by atoms with E-state index in [2.05, 4.69) is 43.9 Å². The van der Waals surface area contributed by atoms with Gasteiger partial charge in [-0.25, -0.2) is 0 Å². The Morgan fingerprint density at radius 3 is 2.24 bits per heavy atom. The second-order valence-electron chi connectivity index (χ2n) is 6.19. The Balaban J connectivity index is 2.55. The zero-order valence-corrected chi connectivity index (χ0v) is 14.2. The van der Waals surface area contributed by atoms with Crippen molar-refractivity contribution in [3.63, 3.8) is 0 Å². The number of hydrazine groups is 1. The summed E-state index contributed by atoms with van der Waals surface area (Å²) >= 11 is 5.10. The molecule has 0 heterocycles. The molecule has 5 heteroatoms. The summed E-state index contributed by atoms with van der Waals surface area (Å²) in [6.45, 7) is 10.5. The molecule has 116 valence electrons. The van der Waals surface area contributed by atoms with Gasteiger partial charge < -0.3 is 5.32 Å². The number of carbonyl (C=O) groups is 1. The Morgan fingerprint density at radius 2 is 1.76 bits per heavy atom. The molecule has 0 saturated carbocycles. The Morgan fingerprint density at radius 1 is 1.19 bits per heavy atom. The van der Waals surface area contributed by atoms with Crippen LogP contribution in [0.2, 0.25) is 0 Å². The summed E-state index contributed by atoms with van der Waals surface area (Å²) in [5, 5.41) is 3.49. The van der Waals surface area contributed by atoms with Crippen molar-refractivity contribution in [2.75, 3.05) is 0 Å². The summed E-state index contributed by atoms with van der Waals surface area (Å²) < 4.78 is 0. The van der Waals surface area contributed by atoms with Gasteiger partial charge in [-0.1, -0.05) is 39.8 Å². The highest BCUT2D eigenvalue weighted by atomic mass is 32.1.